The van der Waals surface area contributed by atoms with Crippen molar-refractivity contribution in [2.45, 2.75) is 39.5 Å². The summed E-state index contributed by atoms with van der Waals surface area (Å²) in [5, 5.41) is 0.521. The van der Waals surface area contributed by atoms with Crippen LogP contribution in [0.2, 0.25) is 5.15 Å². The van der Waals surface area contributed by atoms with Crippen LogP contribution in [0.5, 0.6) is 0 Å². The van der Waals surface area contributed by atoms with Crippen molar-refractivity contribution in [3.8, 4) is 0 Å². The zero-order chi connectivity index (χ0) is 10.7. The van der Waals surface area contributed by atoms with Crippen LogP contribution in [0, 0.1) is 0 Å². The number of rotatable bonds is 3. The molecule has 0 aliphatic heterocycles. The second-order valence-electron chi connectivity index (χ2n) is 3.54. The summed E-state index contributed by atoms with van der Waals surface area (Å²) in [5.74, 6) is 1.14. The summed E-state index contributed by atoms with van der Waals surface area (Å²) < 4.78 is 0.838. The molecule has 0 atom stereocenters. The van der Waals surface area contributed by atoms with Gasteiger partial charge in [-0.2, -0.15) is 0 Å². The molecule has 1 heterocycles. The van der Waals surface area contributed by atoms with Crippen molar-refractivity contribution < 1.29 is 0 Å². The van der Waals surface area contributed by atoms with E-state index in [2.05, 4.69) is 46.7 Å². The molecule has 2 nitrogen and oxygen atoms in total. The van der Waals surface area contributed by atoms with Gasteiger partial charge in [0.2, 0.25) is 0 Å². The van der Waals surface area contributed by atoms with Crippen LogP contribution in [0.15, 0.2) is 4.47 Å². The van der Waals surface area contributed by atoms with E-state index in [-0.39, 0.29) is 0 Å². The number of hydrogen-bond acceptors (Lipinski definition) is 2. The average molecular weight is 278 g/mol. The number of hydrogen-bond donors (Lipinski definition) is 0. The number of halogens is 2. The van der Waals surface area contributed by atoms with Crippen molar-refractivity contribution in [1.82, 2.24) is 9.97 Å². The average Bonchev–Trinajstić information content (AvgIpc) is 2.12. The van der Waals surface area contributed by atoms with Crippen molar-refractivity contribution >= 4 is 27.5 Å². The Morgan fingerprint density at radius 3 is 2.50 bits per heavy atom. The van der Waals surface area contributed by atoms with Crippen LogP contribution in [0.25, 0.3) is 0 Å². The highest BCUT2D eigenvalue weighted by Crippen LogP contribution is 2.26. The maximum absolute atomic E-state index is 6.00. The zero-order valence-electron chi connectivity index (χ0n) is 8.64. The summed E-state index contributed by atoms with van der Waals surface area (Å²) in [7, 11) is 0. The van der Waals surface area contributed by atoms with Gasteiger partial charge in [-0.1, -0.05) is 38.8 Å². The molecule has 14 heavy (non-hydrogen) atoms. The van der Waals surface area contributed by atoms with E-state index >= 15 is 0 Å². The van der Waals surface area contributed by atoms with Gasteiger partial charge in [-0.05, 0) is 22.4 Å². The SMILES string of the molecule is CCCc1nc(C(C)C)nc(Cl)c1Br. The van der Waals surface area contributed by atoms with Crippen molar-refractivity contribution in [2.24, 2.45) is 0 Å². The molecule has 0 unspecified atom stereocenters. The molecule has 0 fully saturated rings. The molecule has 0 aliphatic rings. The Balaban J connectivity index is 3.14. The predicted molar refractivity (Wildman–Crippen MR) is 62.8 cm³/mol. The Morgan fingerprint density at radius 1 is 1.36 bits per heavy atom. The summed E-state index contributed by atoms with van der Waals surface area (Å²) in [5.41, 5.74) is 1.01. The zero-order valence-corrected chi connectivity index (χ0v) is 11.0. The fourth-order valence-corrected chi connectivity index (χ4v) is 1.71. The molecular weight excluding hydrogens is 263 g/mol. The third kappa shape index (κ3) is 2.67. The molecule has 0 aromatic carbocycles. The van der Waals surface area contributed by atoms with Crippen LogP contribution >= 0.6 is 27.5 Å². The van der Waals surface area contributed by atoms with Gasteiger partial charge in [0.05, 0.1) is 10.2 Å². The number of aromatic nitrogens is 2. The third-order valence-electron chi connectivity index (χ3n) is 1.90. The van der Waals surface area contributed by atoms with Gasteiger partial charge in [0.25, 0.3) is 0 Å². The van der Waals surface area contributed by atoms with Crippen molar-refractivity contribution in [3.63, 3.8) is 0 Å². The van der Waals surface area contributed by atoms with Crippen molar-refractivity contribution in [2.75, 3.05) is 0 Å². The molecule has 1 rings (SSSR count). The van der Waals surface area contributed by atoms with Gasteiger partial charge >= 0.3 is 0 Å². The van der Waals surface area contributed by atoms with Gasteiger partial charge < -0.3 is 0 Å². The summed E-state index contributed by atoms with van der Waals surface area (Å²) in [4.78, 5) is 8.70. The van der Waals surface area contributed by atoms with Crippen molar-refractivity contribution in [1.29, 1.82) is 0 Å². The predicted octanol–water partition coefficient (Wildman–Crippen LogP) is 3.97. The lowest BCUT2D eigenvalue weighted by molar-refractivity contribution is 0.744. The quantitative estimate of drug-likeness (QED) is 0.781. The highest BCUT2D eigenvalue weighted by Gasteiger charge is 2.11. The smallest absolute Gasteiger partial charge is 0.147 e. The Morgan fingerprint density at radius 2 is 2.00 bits per heavy atom. The lowest BCUT2D eigenvalue weighted by Crippen LogP contribution is -2.03. The fraction of sp³-hybridized carbons (Fsp3) is 0.600. The number of nitrogens with zero attached hydrogens (tertiary/aromatic N) is 2. The molecule has 0 saturated heterocycles. The van der Waals surface area contributed by atoms with Gasteiger partial charge in [-0.3, -0.25) is 0 Å². The molecule has 0 spiro atoms. The maximum atomic E-state index is 6.00. The van der Waals surface area contributed by atoms with Crippen LogP contribution < -0.4 is 0 Å². The molecule has 0 amide bonds. The van der Waals surface area contributed by atoms with Crippen molar-refractivity contribution in [3.05, 3.63) is 21.1 Å². The fourth-order valence-electron chi connectivity index (χ4n) is 1.14. The van der Waals surface area contributed by atoms with Gasteiger partial charge in [-0.15, -0.1) is 0 Å². The Kier molecular flexibility index (Phi) is 4.32. The standard InChI is InChI=1S/C10H14BrClN2/c1-4-5-7-8(11)9(12)14-10(13-7)6(2)3/h6H,4-5H2,1-3H3. The topological polar surface area (TPSA) is 25.8 Å². The van der Waals surface area contributed by atoms with Gasteiger partial charge in [0, 0.05) is 5.92 Å². The van der Waals surface area contributed by atoms with Crippen LogP contribution in [-0.4, -0.2) is 9.97 Å². The van der Waals surface area contributed by atoms with Crippen LogP contribution in [-0.2, 0) is 6.42 Å². The number of aryl methyl sites for hydroxylation is 1. The molecule has 78 valence electrons. The van der Waals surface area contributed by atoms with Gasteiger partial charge in [0.15, 0.2) is 0 Å². The molecular formula is C10H14BrClN2. The minimum atomic E-state index is 0.316. The lowest BCUT2D eigenvalue weighted by Gasteiger charge is -2.09. The molecule has 0 bridgehead atoms. The summed E-state index contributed by atoms with van der Waals surface area (Å²) in [6, 6.07) is 0. The molecule has 1 aromatic rings. The Hall–Kier alpha value is -0.150. The van der Waals surface area contributed by atoms with E-state index in [0.717, 1.165) is 28.8 Å². The lowest BCUT2D eigenvalue weighted by atomic mass is 10.2. The minimum Gasteiger partial charge on any atom is -0.236 e. The molecule has 0 aliphatic carbocycles. The molecule has 0 radical (unpaired) electrons. The normalized spacial score (nSPS) is 11.0. The van der Waals surface area contributed by atoms with Gasteiger partial charge in [0.1, 0.15) is 11.0 Å². The van der Waals surface area contributed by atoms with Crippen LogP contribution in [0.3, 0.4) is 0 Å². The highest BCUT2D eigenvalue weighted by atomic mass is 79.9. The third-order valence-corrected chi connectivity index (χ3v) is 3.23. The van der Waals surface area contributed by atoms with E-state index in [1.165, 1.54) is 0 Å². The monoisotopic (exact) mass is 276 g/mol. The Labute approximate surface area is 98.2 Å². The van der Waals surface area contributed by atoms with Crippen LogP contribution in [0.4, 0.5) is 0 Å². The second kappa shape index (κ2) is 5.08. The van der Waals surface area contributed by atoms with E-state index < -0.39 is 0 Å². The molecule has 0 N–H and O–H groups in total. The van der Waals surface area contributed by atoms with E-state index in [9.17, 15) is 0 Å². The van der Waals surface area contributed by atoms with Gasteiger partial charge in [-0.25, -0.2) is 9.97 Å². The second-order valence-corrected chi connectivity index (χ2v) is 4.69. The van der Waals surface area contributed by atoms with E-state index in [1.54, 1.807) is 0 Å². The van der Waals surface area contributed by atoms with E-state index in [0.29, 0.717) is 11.1 Å². The first-order valence-corrected chi connectivity index (χ1v) is 5.95. The Bertz CT molecular complexity index is 326. The highest BCUT2D eigenvalue weighted by molar-refractivity contribution is 9.10. The molecule has 0 saturated carbocycles. The summed E-state index contributed by atoms with van der Waals surface area (Å²) in [6.07, 6.45) is 1.99. The first-order valence-electron chi connectivity index (χ1n) is 4.78. The van der Waals surface area contributed by atoms with E-state index in [1.807, 2.05) is 0 Å². The van der Waals surface area contributed by atoms with Crippen LogP contribution in [0.1, 0.15) is 44.6 Å². The molecule has 4 heteroatoms. The maximum Gasteiger partial charge on any atom is 0.147 e. The first kappa shape index (κ1) is 11.9. The minimum absolute atomic E-state index is 0.316. The summed E-state index contributed by atoms with van der Waals surface area (Å²) in [6.45, 7) is 6.25. The van der Waals surface area contributed by atoms with E-state index in [4.69, 9.17) is 11.6 Å². The molecule has 1 aromatic heterocycles. The first-order chi connectivity index (χ1) is 6.56. The largest absolute Gasteiger partial charge is 0.236 e. The summed E-state index contributed by atoms with van der Waals surface area (Å²) >= 11 is 9.41.